The maximum Gasteiger partial charge on any atom is 0.307 e. The number of carboxylic acids is 1. The number of carboxylic acid groups (broad SMARTS) is 1. The summed E-state index contributed by atoms with van der Waals surface area (Å²) in [7, 11) is 0. The fourth-order valence-corrected chi connectivity index (χ4v) is 3.20. The molecule has 1 saturated heterocycles. The van der Waals surface area contributed by atoms with Crippen LogP contribution in [0.2, 0.25) is 0 Å². The van der Waals surface area contributed by atoms with Crippen LogP contribution in [0.1, 0.15) is 32.6 Å². The third-order valence-electron chi connectivity index (χ3n) is 4.60. The number of likely N-dealkylation sites (tertiary alicyclic amines) is 1. The van der Waals surface area contributed by atoms with Crippen molar-refractivity contribution in [3.05, 3.63) is 12.2 Å². The van der Waals surface area contributed by atoms with E-state index in [4.69, 9.17) is 0 Å². The second kappa shape index (κ2) is 6.39. The van der Waals surface area contributed by atoms with Gasteiger partial charge in [0.25, 0.3) is 0 Å². The van der Waals surface area contributed by atoms with E-state index in [2.05, 4.69) is 0 Å². The van der Waals surface area contributed by atoms with Crippen LogP contribution < -0.4 is 0 Å². The van der Waals surface area contributed by atoms with Gasteiger partial charge in [-0.3, -0.25) is 9.59 Å². The van der Waals surface area contributed by atoms with Gasteiger partial charge in [-0.1, -0.05) is 12.2 Å². The van der Waals surface area contributed by atoms with Gasteiger partial charge in [0.1, 0.15) is 0 Å². The Labute approximate surface area is 119 Å². The van der Waals surface area contributed by atoms with E-state index in [0.717, 1.165) is 12.8 Å². The minimum atomic E-state index is -0.883. The Morgan fingerprint density at radius 2 is 1.70 bits per heavy atom. The van der Waals surface area contributed by atoms with E-state index in [0.29, 0.717) is 25.9 Å². The van der Waals surface area contributed by atoms with Crippen molar-refractivity contribution >= 4 is 11.9 Å². The molecule has 20 heavy (non-hydrogen) atoms. The number of aliphatic hydroxyl groups excluding tert-OH is 1. The fourth-order valence-electron chi connectivity index (χ4n) is 3.20. The molecule has 112 valence electrons. The molecule has 2 N–H and O–H groups in total. The lowest BCUT2D eigenvalue weighted by Crippen LogP contribution is -2.46. The zero-order valence-corrected chi connectivity index (χ0v) is 11.9. The van der Waals surface area contributed by atoms with Gasteiger partial charge in [0.15, 0.2) is 0 Å². The molecule has 0 bridgehead atoms. The van der Waals surface area contributed by atoms with Crippen LogP contribution in [0.15, 0.2) is 12.2 Å². The Morgan fingerprint density at radius 1 is 1.15 bits per heavy atom. The Morgan fingerprint density at radius 3 is 2.20 bits per heavy atom. The van der Waals surface area contributed by atoms with E-state index in [-0.39, 0.29) is 17.9 Å². The minimum Gasteiger partial charge on any atom is -0.481 e. The quantitative estimate of drug-likeness (QED) is 0.764. The molecule has 1 aliphatic carbocycles. The maximum absolute atomic E-state index is 12.5. The second-order valence-corrected chi connectivity index (χ2v) is 5.90. The van der Waals surface area contributed by atoms with Crippen molar-refractivity contribution in [1.29, 1.82) is 0 Å². The number of hydrogen-bond acceptors (Lipinski definition) is 3. The first kappa shape index (κ1) is 15.0. The van der Waals surface area contributed by atoms with Crippen molar-refractivity contribution in [1.82, 2.24) is 4.90 Å². The summed E-state index contributed by atoms with van der Waals surface area (Å²) in [5.41, 5.74) is 0. The highest BCUT2D eigenvalue weighted by Gasteiger charge is 2.37. The smallest absolute Gasteiger partial charge is 0.307 e. The Bertz CT molecular complexity index is 397. The lowest BCUT2D eigenvalue weighted by atomic mass is 9.81. The number of carbonyl (C=O) groups is 2. The summed E-state index contributed by atoms with van der Waals surface area (Å²) in [6.45, 7) is 3.04. The van der Waals surface area contributed by atoms with E-state index in [1.54, 1.807) is 11.8 Å². The first-order valence-corrected chi connectivity index (χ1v) is 7.35. The van der Waals surface area contributed by atoms with Gasteiger partial charge < -0.3 is 15.1 Å². The van der Waals surface area contributed by atoms with Crippen molar-refractivity contribution in [2.45, 2.75) is 38.7 Å². The van der Waals surface area contributed by atoms with Gasteiger partial charge in [-0.25, -0.2) is 0 Å². The molecule has 0 aromatic carbocycles. The lowest BCUT2D eigenvalue weighted by molar-refractivity contribution is -0.151. The van der Waals surface area contributed by atoms with Gasteiger partial charge in [0.2, 0.25) is 5.91 Å². The highest BCUT2D eigenvalue weighted by atomic mass is 16.4. The summed E-state index contributed by atoms with van der Waals surface area (Å²) < 4.78 is 0. The van der Waals surface area contributed by atoms with Gasteiger partial charge in [-0.05, 0) is 38.5 Å². The number of amides is 1. The molecule has 5 nitrogen and oxygen atoms in total. The van der Waals surface area contributed by atoms with E-state index in [1.165, 1.54) is 0 Å². The molecule has 1 aliphatic heterocycles. The molecule has 0 aromatic rings. The van der Waals surface area contributed by atoms with Gasteiger partial charge in [-0.15, -0.1) is 0 Å². The largest absolute Gasteiger partial charge is 0.481 e. The third kappa shape index (κ3) is 3.20. The molecule has 1 amide bonds. The van der Waals surface area contributed by atoms with Crippen LogP contribution in [0.4, 0.5) is 0 Å². The van der Waals surface area contributed by atoms with Crippen molar-refractivity contribution in [3.63, 3.8) is 0 Å². The standard InChI is InChI=1S/C15H23NO4/c1-10(17)11-6-8-16(9-7-11)14(18)12-4-2-3-5-13(12)15(19)20/h2-3,10-13,17H,4-9H2,1H3,(H,19,20)/t10?,12-,13+/m1/s1. The number of hydrogen-bond donors (Lipinski definition) is 2. The van der Waals surface area contributed by atoms with Gasteiger partial charge in [0.05, 0.1) is 17.9 Å². The van der Waals surface area contributed by atoms with Crippen molar-refractivity contribution in [3.8, 4) is 0 Å². The number of aliphatic carboxylic acids is 1. The topological polar surface area (TPSA) is 77.8 Å². The van der Waals surface area contributed by atoms with Crippen molar-refractivity contribution < 1.29 is 19.8 Å². The van der Waals surface area contributed by atoms with E-state index < -0.39 is 17.8 Å². The zero-order chi connectivity index (χ0) is 14.7. The minimum absolute atomic E-state index is 0.0363. The predicted molar refractivity (Wildman–Crippen MR) is 74.0 cm³/mol. The normalized spacial score (nSPS) is 29.2. The molecule has 5 heteroatoms. The number of carbonyl (C=O) groups excluding carboxylic acids is 1. The third-order valence-corrected chi connectivity index (χ3v) is 4.60. The Kier molecular flexibility index (Phi) is 4.81. The summed E-state index contributed by atoms with van der Waals surface area (Å²) in [5, 5.41) is 18.8. The van der Waals surface area contributed by atoms with Crippen molar-refractivity contribution in [2.75, 3.05) is 13.1 Å². The highest BCUT2D eigenvalue weighted by Crippen LogP contribution is 2.30. The molecule has 2 aliphatic rings. The van der Waals surface area contributed by atoms with Crippen LogP contribution >= 0.6 is 0 Å². The number of aliphatic hydroxyl groups is 1. The summed E-state index contributed by atoms with van der Waals surface area (Å²) in [4.78, 5) is 25.5. The molecular formula is C15H23NO4. The molecule has 1 unspecified atom stereocenters. The Hall–Kier alpha value is -1.36. The number of nitrogens with zero attached hydrogens (tertiary/aromatic N) is 1. The molecule has 0 aromatic heterocycles. The molecular weight excluding hydrogens is 258 g/mol. The fraction of sp³-hybridized carbons (Fsp3) is 0.733. The molecule has 1 heterocycles. The number of rotatable bonds is 3. The SMILES string of the molecule is CC(O)C1CCN(C(=O)[C@@H]2CC=CC[C@@H]2C(=O)O)CC1. The predicted octanol–water partition coefficient (Wildman–Crippen LogP) is 1.27. The average Bonchev–Trinajstić information content (AvgIpc) is 2.46. The zero-order valence-electron chi connectivity index (χ0n) is 11.9. The summed E-state index contributed by atoms with van der Waals surface area (Å²) >= 11 is 0. The van der Waals surface area contributed by atoms with Gasteiger partial charge in [-0.2, -0.15) is 0 Å². The van der Waals surface area contributed by atoms with Crippen LogP contribution in [0.5, 0.6) is 0 Å². The molecule has 3 atom stereocenters. The molecule has 0 saturated carbocycles. The van der Waals surface area contributed by atoms with Crippen LogP contribution in [0.3, 0.4) is 0 Å². The molecule has 0 radical (unpaired) electrons. The van der Waals surface area contributed by atoms with Crippen LogP contribution in [-0.2, 0) is 9.59 Å². The highest BCUT2D eigenvalue weighted by molar-refractivity contribution is 5.85. The van der Waals surface area contributed by atoms with E-state index in [9.17, 15) is 19.8 Å². The average molecular weight is 281 g/mol. The second-order valence-electron chi connectivity index (χ2n) is 5.90. The molecule has 2 rings (SSSR count). The molecule has 1 fully saturated rings. The van der Waals surface area contributed by atoms with Gasteiger partial charge in [0, 0.05) is 13.1 Å². The monoisotopic (exact) mass is 281 g/mol. The summed E-state index contributed by atoms with van der Waals surface area (Å²) in [5.74, 6) is -1.69. The van der Waals surface area contributed by atoms with Crippen LogP contribution in [-0.4, -0.2) is 46.2 Å². The molecule has 0 spiro atoms. The summed E-state index contributed by atoms with van der Waals surface area (Å²) in [6.07, 6.45) is 5.97. The van der Waals surface area contributed by atoms with E-state index in [1.807, 2.05) is 12.2 Å². The number of piperidine rings is 1. The first-order valence-electron chi connectivity index (χ1n) is 7.35. The van der Waals surface area contributed by atoms with Crippen LogP contribution in [0.25, 0.3) is 0 Å². The Balaban J connectivity index is 1.97. The van der Waals surface area contributed by atoms with Gasteiger partial charge >= 0.3 is 5.97 Å². The number of allylic oxidation sites excluding steroid dienone is 2. The maximum atomic E-state index is 12.5. The van der Waals surface area contributed by atoms with Crippen LogP contribution in [0, 0.1) is 17.8 Å². The lowest BCUT2D eigenvalue weighted by Gasteiger charge is -2.36. The first-order chi connectivity index (χ1) is 9.50. The van der Waals surface area contributed by atoms with Crippen molar-refractivity contribution in [2.24, 2.45) is 17.8 Å². The van der Waals surface area contributed by atoms with E-state index >= 15 is 0 Å². The summed E-state index contributed by atoms with van der Waals surface area (Å²) in [6, 6.07) is 0.